The van der Waals surface area contributed by atoms with Gasteiger partial charge in [0.05, 0.1) is 16.7 Å². The molecule has 2 aromatic heterocycles. The van der Waals surface area contributed by atoms with Crippen LogP contribution in [0, 0.1) is 0 Å². The highest BCUT2D eigenvalue weighted by Gasteiger charge is 2.09. The van der Waals surface area contributed by atoms with Gasteiger partial charge in [0, 0.05) is 24.3 Å². The number of rotatable bonds is 3. The van der Waals surface area contributed by atoms with E-state index in [2.05, 4.69) is 21.0 Å². The summed E-state index contributed by atoms with van der Waals surface area (Å²) in [5.41, 5.74) is 0.880. The molecule has 0 unspecified atom stereocenters. The van der Waals surface area contributed by atoms with Crippen molar-refractivity contribution in [1.29, 1.82) is 0 Å². The van der Waals surface area contributed by atoms with Crippen LogP contribution in [0.5, 0.6) is 0 Å². The molecule has 0 saturated carbocycles. The number of aromatic nitrogens is 3. The van der Waals surface area contributed by atoms with Gasteiger partial charge in [0.15, 0.2) is 0 Å². The summed E-state index contributed by atoms with van der Waals surface area (Å²) in [4.78, 5) is 12.4. The van der Waals surface area contributed by atoms with E-state index in [9.17, 15) is 4.79 Å². The second-order valence-electron chi connectivity index (χ2n) is 4.62. The third kappa shape index (κ3) is 2.29. The standard InChI is InChI=1S/C15H14BrN3O/c1-2-19-9-13(16)14(17-19)10-18-8-7-11-5-3-4-6-12(11)15(18)20/h3-9H,2,10H2,1H3. The Kier molecular flexibility index (Phi) is 3.44. The number of nitrogens with zero attached hydrogens (tertiary/aromatic N) is 3. The normalized spacial score (nSPS) is 11.1. The topological polar surface area (TPSA) is 39.8 Å². The minimum Gasteiger partial charge on any atom is -0.309 e. The van der Waals surface area contributed by atoms with E-state index >= 15 is 0 Å². The molecule has 0 radical (unpaired) electrons. The summed E-state index contributed by atoms with van der Waals surface area (Å²) in [5, 5.41) is 6.16. The summed E-state index contributed by atoms with van der Waals surface area (Å²) in [6, 6.07) is 9.58. The molecule has 0 amide bonds. The molecule has 0 atom stereocenters. The molecule has 1 aromatic carbocycles. The van der Waals surface area contributed by atoms with E-state index in [1.807, 2.05) is 54.3 Å². The van der Waals surface area contributed by atoms with E-state index in [1.165, 1.54) is 0 Å². The van der Waals surface area contributed by atoms with Crippen LogP contribution < -0.4 is 5.56 Å². The average Bonchev–Trinajstić information content (AvgIpc) is 2.83. The molecule has 3 aromatic rings. The van der Waals surface area contributed by atoms with Crippen molar-refractivity contribution in [3.8, 4) is 0 Å². The van der Waals surface area contributed by atoms with Gasteiger partial charge in [0.2, 0.25) is 0 Å². The molecule has 0 fully saturated rings. The lowest BCUT2D eigenvalue weighted by atomic mass is 10.2. The van der Waals surface area contributed by atoms with Crippen molar-refractivity contribution in [1.82, 2.24) is 14.3 Å². The van der Waals surface area contributed by atoms with Gasteiger partial charge in [-0.2, -0.15) is 5.10 Å². The van der Waals surface area contributed by atoms with Crippen LogP contribution in [0.1, 0.15) is 12.6 Å². The fourth-order valence-electron chi connectivity index (χ4n) is 2.22. The average molecular weight is 332 g/mol. The molecule has 0 aliphatic heterocycles. The van der Waals surface area contributed by atoms with Crippen LogP contribution in [0.2, 0.25) is 0 Å². The van der Waals surface area contributed by atoms with Gasteiger partial charge in [-0.25, -0.2) is 0 Å². The largest absolute Gasteiger partial charge is 0.309 e. The number of pyridine rings is 1. The first kappa shape index (κ1) is 13.1. The summed E-state index contributed by atoms with van der Waals surface area (Å²) < 4.78 is 4.47. The van der Waals surface area contributed by atoms with E-state index in [-0.39, 0.29) is 5.56 Å². The first-order valence-corrected chi connectivity index (χ1v) is 7.28. The third-order valence-electron chi connectivity index (χ3n) is 3.32. The lowest BCUT2D eigenvalue weighted by Gasteiger charge is -2.05. The Labute approximate surface area is 124 Å². The second-order valence-corrected chi connectivity index (χ2v) is 5.47. The molecule has 102 valence electrons. The molecular formula is C15H14BrN3O. The van der Waals surface area contributed by atoms with Crippen molar-refractivity contribution >= 4 is 26.7 Å². The maximum atomic E-state index is 12.4. The highest BCUT2D eigenvalue weighted by molar-refractivity contribution is 9.10. The number of aryl methyl sites for hydroxylation is 1. The van der Waals surface area contributed by atoms with Crippen LogP contribution >= 0.6 is 15.9 Å². The Hall–Kier alpha value is -1.88. The first-order chi connectivity index (χ1) is 9.69. The highest BCUT2D eigenvalue weighted by atomic mass is 79.9. The van der Waals surface area contributed by atoms with Crippen LogP contribution in [0.4, 0.5) is 0 Å². The molecule has 0 spiro atoms. The van der Waals surface area contributed by atoms with Gasteiger partial charge in [0.25, 0.3) is 5.56 Å². The minimum absolute atomic E-state index is 0.0149. The van der Waals surface area contributed by atoms with Gasteiger partial charge in [-0.1, -0.05) is 18.2 Å². The Morgan fingerprint density at radius 1 is 1.25 bits per heavy atom. The molecule has 0 aliphatic rings. The van der Waals surface area contributed by atoms with Crippen molar-refractivity contribution in [2.45, 2.75) is 20.0 Å². The van der Waals surface area contributed by atoms with Gasteiger partial charge < -0.3 is 4.57 Å². The van der Waals surface area contributed by atoms with Crippen molar-refractivity contribution in [3.63, 3.8) is 0 Å². The zero-order chi connectivity index (χ0) is 14.1. The van der Waals surface area contributed by atoms with Gasteiger partial charge in [-0.15, -0.1) is 0 Å². The maximum Gasteiger partial charge on any atom is 0.258 e. The predicted octanol–water partition coefficient (Wildman–Crippen LogP) is 3.03. The summed E-state index contributed by atoms with van der Waals surface area (Å²) in [6.07, 6.45) is 3.75. The number of fused-ring (bicyclic) bond motifs is 1. The number of hydrogen-bond donors (Lipinski definition) is 0. The van der Waals surface area contributed by atoms with E-state index < -0.39 is 0 Å². The molecule has 2 heterocycles. The molecule has 20 heavy (non-hydrogen) atoms. The van der Waals surface area contributed by atoms with Crippen molar-refractivity contribution in [3.05, 3.63) is 63.2 Å². The Balaban J connectivity index is 2.04. The van der Waals surface area contributed by atoms with Crippen molar-refractivity contribution in [2.75, 3.05) is 0 Å². The van der Waals surface area contributed by atoms with Crippen LogP contribution in [0.25, 0.3) is 10.8 Å². The van der Waals surface area contributed by atoms with Crippen LogP contribution in [0.3, 0.4) is 0 Å². The fourth-order valence-corrected chi connectivity index (χ4v) is 2.66. The SMILES string of the molecule is CCn1cc(Br)c(Cn2ccc3ccccc3c2=O)n1. The zero-order valence-corrected chi connectivity index (χ0v) is 12.7. The summed E-state index contributed by atoms with van der Waals surface area (Å²) in [5.74, 6) is 0. The summed E-state index contributed by atoms with van der Waals surface area (Å²) >= 11 is 3.49. The van der Waals surface area contributed by atoms with E-state index in [0.717, 1.165) is 27.5 Å². The minimum atomic E-state index is 0.0149. The predicted molar refractivity (Wildman–Crippen MR) is 82.9 cm³/mol. The van der Waals surface area contributed by atoms with E-state index in [1.54, 1.807) is 4.57 Å². The van der Waals surface area contributed by atoms with Gasteiger partial charge >= 0.3 is 0 Å². The zero-order valence-electron chi connectivity index (χ0n) is 11.1. The Bertz CT molecular complexity index is 819. The van der Waals surface area contributed by atoms with Crippen molar-refractivity contribution < 1.29 is 0 Å². The van der Waals surface area contributed by atoms with Gasteiger partial charge in [-0.3, -0.25) is 9.48 Å². The van der Waals surface area contributed by atoms with Gasteiger partial charge in [0.1, 0.15) is 0 Å². The quantitative estimate of drug-likeness (QED) is 0.740. The maximum absolute atomic E-state index is 12.4. The number of halogens is 1. The molecule has 0 aliphatic carbocycles. The van der Waals surface area contributed by atoms with E-state index in [0.29, 0.717) is 6.54 Å². The van der Waals surface area contributed by atoms with Crippen LogP contribution in [-0.4, -0.2) is 14.3 Å². The van der Waals surface area contributed by atoms with Crippen molar-refractivity contribution in [2.24, 2.45) is 0 Å². The monoisotopic (exact) mass is 331 g/mol. The molecule has 3 rings (SSSR count). The lowest BCUT2D eigenvalue weighted by Crippen LogP contribution is -2.20. The lowest BCUT2D eigenvalue weighted by molar-refractivity contribution is 0.632. The Morgan fingerprint density at radius 3 is 2.80 bits per heavy atom. The van der Waals surface area contributed by atoms with Gasteiger partial charge in [-0.05, 0) is 40.4 Å². The van der Waals surface area contributed by atoms with E-state index in [4.69, 9.17) is 0 Å². The fraction of sp³-hybridized carbons (Fsp3) is 0.200. The third-order valence-corrected chi connectivity index (χ3v) is 3.98. The molecule has 5 heteroatoms. The Morgan fingerprint density at radius 2 is 2.05 bits per heavy atom. The molecule has 4 nitrogen and oxygen atoms in total. The number of benzene rings is 1. The molecule has 0 saturated heterocycles. The molecule has 0 N–H and O–H groups in total. The summed E-state index contributed by atoms with van der Waals surface area (Å²) in [6.45, 7) is 3.31. The molecule has 0 bridgehead atoms. The highest BCUT2D eigenvalue weighted by Crippen LogP contribution is 2.16. The second kappa shape index (κ2) is 5.25. The van der Waals surface area contributed by atoms with Crippen LogP contribution in [-0.2, 0) is 13.1 Å². The first-order valence-electron chi connectivity index (χ1n) is 6.49. The summed E-state index contributed by atoms with van der Waals surface area (Å²) in [7, 11) is 0. The smallest absolute Gasteiger partial charge is 0.258 e. The number of hydrogen-bond acceptors (Lipinski definition) is 2. The van der Waals surface area contributed by atoms with Crippen LogP contribution in [0.15, 0.2) is 52.0 Å². The molecular weight excluding hydrogens is 318 g/mol.